The molecule has 1 aromatic carbocycles. The molecule has 0 saturated heterocycles. The average molecular weight is 360 g/mol. The van der Waals surface area contributed by atoms with Crippen molar-refractivity contribution >= 4 is 17.5 Å². The monoisotopic (exact) mass is 360 g/mol. The van der Waals surface area contributed by atoms with Crippen molar-refractivity contribution in [2.24, 2.45) is 5.92 Å². The van der Waals surface area contributed by atoms with Crippen LogP contribution in [0, 0.1) is 5.92 Å². The molecule has 2 rings (SSSR count). The van der Waals surface area contributed by atoms with Gasteiger partial charge in [-0.15, -0.1) is 0 Å². The molecule has 0 aliphatic heterocycles. The van der Waals surface area contributed by atoms with Crippen molar-refractivity contribution in [1.82, 2.24) is 5.32 Å². The van der Waals surface area contributed by atoms with Crippen LogP contribution in [0.1, 0.15) is 69.7 Å². The quantitative estimate of drug-likeness (QED) is 0.732. The van der Waals surface area contributed by atoms with Gasteiger partial charge in [0.15, 0.2) is 0 Å². The number of carbonyl (C=O) groups is 2. The molecule has 1 saturated carbocycles. The Morgan fingerprint density at radius 3 is 2.73 bits per heavy atom. The highest BCUT2D eigenvalue weighted by molar-refractivity contribution is 5.97. The Labute approximate surface area is 156 Å². The Kier molecular flexibility index (Phi) is 8.10. The van der Waals surface area contributed by atoms with Gasteiger partial charge in [-0.25, -0.2) is 0 Å². The van der Waals surface area contributed by atoms with Crippen molar-refractivity contribution in [3.05, 3.63) is 29.8 Å². The van der Waals surface area contributed by atoms with Crippen LogP contribution in [0.15, 0.2) is 24.3 Å². The molecule has 1 fully saturated rings. The van der Waals surface area contributed by atoms with Crippen LogP contribution in [0.25, 0.3) is 0 Å². The van der Waals surface area contributed by atoms with Gasteiger partial charge in [-0.1, -0.05) is 39.7 Å². The number of rotatable bonds is 8. The molecule has 2 N–H and O–H groups in total. The smallest absolute Gasteiger partial charge is 0.251 e. The summed E-state index contributed by atoms with van der Waals surface area (Å²) in [5, 5.41) is 5.94. The van der Waals surface area contributed by atoms with E-state index in [0.717, 1.165) is 38.7 Å². The zero-order valence-corrected chi connectivity index (χ0v) is 16.2. The number of ether oxygens (including phenoxy) is 1. The van der Waals surface area contributed by atoms with E-state index in [4.69, 9.17) is 4.74 Å². The Bertz CT molecular complexity index is 601. The lowest BCUT2D eigenvalue weighted by atomic mass is 9.92. The maximum atomic E-state index is 12.7. The minimum absolute atomic E-state index is 0.0531. The standard InChI is InChI=1S/C21H32N2O3/c1-4-20(24)22-17-9-7-8-16(14-17)21(25)23-18-10-5-6-11-19(18)26-13-12-15(2)3/h7-9,14-15,18-19H,4-6,10-13H2,1-3H3,(H,22,24)(H,23,25). The number of nitrogens with one attached hydrogen (secondary N) is 2. The van der Waals surface area contributed by atoms with Crippen molar-refractivity contribution < 1.29 is 14.3 Å². The maximum absolute atomic E-state index is 12.7. The van der Waals surface area contributed by atoms with E-state index in [1.54, 1.807) is 31.2 Å². The lowest BCUT2D eigenvalue weighted by Crippen LogP contribution is -2.46. The molecule has 2 unspecified atom stereocenters. The van der Waals surface area contributed by atoms with E-state index in [-0.39, 0.29) is 24.0 Å². The van der Waals surface area contributed by atoms with Gasteiger partial charge in [-0.3, -0.25) is 9.59 Å². The van der Waals surface area contributed by atoms with E-state index in [0.29, 0.717) is 23.6 Å². The maximum Gasteiger partial charge on any atom is 0.251 e. The summed E-state index contributed by atoms with van der Waals surface area (Å²) in [6.07, 6.45) is 5.75. The van der Waals surface area contributed by atoms with E-state index in [9.17, 15) is 9.59 Å². The van der Waals surface area contributed by atoms with Crippen molar-refractivity contribution in [3.63, 3.8) is 0 Å². The Morgan fingerprint density at radius 2 is 2.00 bits per heavy atom. The topological polar surface area (TPSA) is 67.4 Å². The molecular weight excluding hydrogens is 328 g/mol. The van der Waals surface area contributed by atoms with Crippen molar-refractivity contribution in [2.75, 3.05) is 11.9 Å². The van der Waals surface area contributed by atoms with Crippen LogP contribution in [0.3, 0.4) is 0 Å². The third-order valence-corrected chi connectivity index (χ3v) is 4.78. The summed E-state index contributed by atoms with van der Waals surface area (Å²) in [6, 6.07) is 7.13. The van der Waals surface area contributed by atoms with Gasteiger partial charge in [-0.05, 0) is 43.4 Å². The highest BCUT2D eigenvalue weighted by Crippen LogP contribution is 2.22. The van der Waals surface area contributed by atoms with E-state index < -0.39 is 0 Å². The van der Waals surface area contributed by atoms with Gasteiger partial charge in [-0.2, -0.15) is 0 Å². The number of hydrogen-bond donors (Lipinski definition) is 2. The third kappa shape index (κ3) is 6.45. The second kappa shape index (κ2) is 10.3. The molecule has 1 aliphatic carbocycles. The number of amides is 2. The van der Waals surface area contributed by atoms with Gasteiger partial charge in [0.25, 0.3) is 5.91 Å². The van der Waals surface area contributed by atoms with Crippen molar-refractivity contribution in [1.29, 1.82) is 0 Å². The fraction of sp³-hybridized carbons (Fsp3) is 0.619. The number of carbonyl (C=O) groups excluding carboxylic acids is 2. The predicted molar refractivity (Wildman–Crippen MR) is 104 cm³/mol. The summed E-state index contributed by atoms with van der Waals surface area (Å²) < 4.78 is 6.06. The van der Waals surface area contributed by atoms with E-state index in [1.807, 2.05) is 0 Å². The second-order valence-corrected chi connectivity index (χ2v) is 7.44. The lowest BCUT2D eigenvalue weighted by Gasteiger charge is -2.32. The molecule has 0 radical (unpaired) electrons. The summed E-state index contributed by atoms with van der Waals surface area (Å²) >= 11 is 0. The molecule has 144 valence electrons. The summed E-state index contributed by atoms with van der Waals surface area (Å²) in [5.74, 6) is 0.447. The lowest BCUT2D eigenvalue weighted by molar-refractivity contribution is -0.115. The fourth-order valence-corrected chi connectivity index (χ4v) is 3.16. The van der Waals surface area contributed by atoms with Crippen LogP contribution in [-0.2, 0) is 9.53 Å². The van der Waals surface area contributed by atoms with E-state index >= 15 is 0 Å². The Balaban J connectivity index is 1.95. The number of hydrogen-bond acceptors (Lipinski definition) is 3. The van der Waals surface area contributed by atoms with E-state index in [2.05, 4.69) is 24.5 Å². The minimum Gasteiger partial charge on any atom is -0.376 e. The van der Waals surface area contributed by atoms with Gasteiger partial charge >= 0.3 is 0 Å². The third-order valence-electron chi connectivity index (χ3n) is 4.78. The fourth-order valence-electron chi connectivity index (χ4n) is 3.16. The first-order valence-electron chi connectivity index (χ1n) is 9.82. The number of anilines is 1. The normalized spacial score (nSPS) is 20.0. The molecule has 2 atom stereocenters. The molecule has 0 heterocycles. The minimum atomic E-state index is -0.109. The van der Waals surface area contributed by atoms with Gasteiger partial charge in [0.05, 0.1) is 12.1 Å². The Hall–Kier alpha value is -1.88. The largest absolute Gasteiger partial charge is 0.376 e. The first kappa shape index (κ1) is 20.4. The molecule has 26 heavy (non-hydrogen) atoms. The van der Waals surface area contributed by atoms with Crippen molar-refractivity contribution in [3.8, 4) is 0 Å². The van der Waals surface area contributed by atoms with Crippen LogP contribution in [0.5, 0.6) is 0 Å². The van der Waals surface area contributed by atoms with Crippen LogP contribution in [0.2, 0.25) is 0 Å². The summed E-state index contributed by atoms with van der Waals surface area (Å²) in [6.45, 7) is 6.92. The predicted octanol–water partition coefficient (Wildman–Crippen LogP) is 4.14. The van der Waals surface area contributed by atoms with Crippen LogP contribution in [-0.4, -0.2) is 30.6 Å². The SMILES string of the molecule is CCC(=O)Nc1cccc(C(=O)NC2CCCCC2OCCC(C)C)c1. The van der Waals surface area contributed by atoms with Crippen LogP contribution in [0.4, 0.5) is 5.69 Å². The van der Waals surface area contributed by atoms with Gasteiger partial charge in [0, 0.05) is 24.3 Å². The molecule has 0 aromatic heterocycles. The molecule has 1 aliphatic rings. The highest BCUT2D eigenvalue weighted by atomic mass is 16.5. The number of benzene rings is 1. The van der Waals surface area contributed by atoms with Crippen LogP contribution >= 0.6 is 0 Å². The van der Waals surface area contributed by atoms with E-state index in [1.165, 1.54) is 0 Å². The molecule has 1 aromatic rings. The molecule has 0 bridgehead atoms. The second-order valence-electron chi connectivity index (χ2n) is 7.44. The Morgan fingerprint density at radius 1 is 1.23 bits per heavy atom. The van der Waals surface area contributed by atoms with Gasteiger partial charge < -0.3 is 15.4 Å². The molecule has 0 spiro atoms. The van der Waals surface area contributed by atoms with Crippen molar-refractivity contribution in [2.45, 2.75) is 71.4 Å². The summed E-state index contributed by atoms with van der Waals surface area (Å²) in [5.41, 5.74) is 1.21. The highest BCUT2D eigenvalue weighted by Gasteiger charge is 2.27. The molecule has 2 amide bonds. The first-order chi connectivity index (χ1) is 12.5. The zero-order valence-electron chi connectivity index (χ0n) is 16.2. The van der Waals surface area contributed by atoms with Crippen LogP contribution < -0.4 is 10.6 Å². The zero-order chi connectivity index (χ0) is 18.9. The summed E-state index contributed by atoms with van der Waals surface area (Å²) in [7, 11) is 0. The molecule has 5 nitrogen and oxygen atoms in total. The van der Waals surface area contributed by atoms with Gasteiger partial charge in [0.1, 0.15) is 0 Å². The molecular formula is C21H32N2O3. The first-order valence-corrected chi connectivity index (χ1v) is 9.82. The van der Waals surface area contributed by atoms with Gasteiger partial charge in [0.2, 0.25) is 5.91 Å². The average Bonchev–Trinajstić information content (AvgIpc) is 2.63. The molecule has 5 heteroatoms. The summed E-state index contributed by atoms with van der Waals surface area (Å²) in [4.78, 5) is 24.2.